The number of nitrogens with zero attached hydrogens (tertiary/aromatic N) is 3. The lowest BCUT2D eigenvalue weighted by atomic mass is 9.74. The molecule has 3 aliphatic rings. The van der Waals surface area contributed by atoms with E-state index in [1.54, 1.807) is 0 Å². The summed E-state index contributed by atoms with van der Waals surface area (Å²) < 4.78 is 15.1. The Kier molecular flexibility index (Phi) is 4.50. The molecule has 41 heavy (non-hydrogen) atoms. The van der Waals surface area contributed by atoms with E-state index in [0.717, 1.165) is 40.2 Å². The average Bonchev–Trinajstić information content (AvgIpc) is 3.66. The number of pyridine rings is 1. The van der Waals surface area contributed by atoms with Gasteiger partial charge in [0, 0.05) is 40.4 Å². The molecule has 5 nitrogen and oxygen atoms in total. The highest BCUT2D eigenvalue weighted by atomic mass is 16.5. The normalized spacial score (nSPS) is 19.4. The van der Waals surface area contributed by atoms with E-state index in [1.807, 2.05) is 36.5 Å². The molecule has 4 heterocycles. The molecule has 5 heteroatoms. The van der Waals surface area contributed by atoms with Crippen molar-refractivity contribution in [3.63, 3.8) is 0 Å². The molecule has 0 saturated heterocycles. The predicted octanol–water partition coefficient (Wildman–Crippen LogP) is 8.05. The average molecular weight is 534 g/mol. The van der Waals surface area contributed by atoms with Crippen molar-refractivity contribution >= 4 is 27.8 Å². The summed E-state index contributed by atoms with van der Waals surface area (Å²) in [5.74, 6) is 2.22. The fourth-order valence-electron chi connectivity index (χ4n) is 7.13. The lowest BCUT2D eigenvalue weighted by Crippen LogP contribution is -2.26. The Morgan fingerprint density at radius 3 is 2.63 bits per heavy atom. The molecule has 1 aliphatic carbocycles. The van der Waals surface area contributed by atoms with Crippen LogP contribution in [0.4, 0.5) is 0 Å². The molecule has 2 aromatic heterocycles. The van der Waals surface area contributed by atoms with Crippen molar-refractivity contribution in [2.24, 2.45) is 4.99 Å². The van der Waals surface area contributed by atoms with Crippen molar-refractivity contribution in [2.75, 3.05) is 0 Å². The van der Waals surface area contributed by atoms with Crippen LogP contribution >= 0.6 is 0 Å². The zero-order chi connectivity index (χ0) is 27.3. The molecule has 0 bridgehead atoms. The monoisotopic (exact) mass is 533 g/mol. The Morgan fingerprint density at radius 2 is 1.68 bits per heavy atom. The highest BCUT2D eigenvalue weighted by Crippen LogP contribution is 2.48. The van der Waals surface area contributed by atoms with Gasteiger partial charge in [0.1, 0.15) is 29.3 Å². The minimum Gasteiger partial charge on any atom is -0.471 e. The van der Waals surface area contributed by atoms with Gasteiger partial charge in [-0.1, -0.05) is 68.4 Å². The maximum atomic E-state index is 6.49. The van der Waals surface area contributed by atoms with Crippen LogP contribution in [0.3, 0.4) is 0 Å². The van der Waals surface area contributed by atoms with Crippen LogP contribution in [0.1, 0.15) is 47.7 Å². The largest absolute Gasteiger partial charge is 0.471 e. The highest BCUT2D eigenvalue weighted by molar-refractivity contribution is 6.10. The third-order valence-electron chi connectivity index (χ3n) is 9.09. The van der Waals surface area contributed by atoms with Gasteiger partial charge in [-0.25, -0.2) is 9.98 Å². The van der Waals surface area contributed by atoms with Gasteiger partial charge in [-0.15, -0.1) is 0 Å². The van der Waals surface area contributed by atoms with E-state index in [2.05, 4.69) is 85.1 Å². The van der Waals surface area contributed by atoms with Crippen LogP contribution < -0.4 is 4.74 Å². The highest BCUT2D eigenvalue weighted by Gasteiger charge is 2.39. The number of para-hydroxylation sites is 1. The summed E-state index contributed by atoms with van der Waals surface area (Å²) in [6, 6.07) is 33.8. The summed E-state index contributed by atoms with van der Waals surface area (Å²) in [6.45, 7) is 4.60. The summed E-state index contributed by atoms with van der Waals surface area (Å²) >= 11 is 0. The molecule has 2 aliphatic heterocycles. The van der Waals surface area contributed by atoms with Crippen molar-refractivity contribution in [3.05, 3.63) is 131 Å². The Labute approximate surface area is 237 Å². The molecule has 0 fully saturated rings. The van der Waals surface area contributed by atoms with Gasteiger partial charge >= 0.3 is 0 Å². The first-order valence-electron chi connectivity index (χ1n) is 14.2. The summed E-state index contributed by atoms with van der Waals surface area (Å²) in [4.78, 5) is 9.79. The van der Waals surface area contributed by atoms with Crippen molar-refractivity contribution < 1.29 is 9.47 Å². The van der Waals surface area contributed by atoms with Gasteiger partial charge in [0.05, 0.1) is 11.2 Å². The van der Waals surface area contributed by atoms with E-state index >= 15 is 0 Å². The summed E-state index contributed by atoms with van der Waals surface area (Å²) in [5, 5.41) is 2.39. The van der Waals surface area contributed by atoms with Gasteiger partial charge < -0.3 is 9.47 Å². The van der Waals surface area contributed by atoms with Gasteiger partial charge in [-0.05, 0) is 58.7 Å². The maximum absolute atomic E-state index is 6.49. The fraction of sp³-hybridized carbons (Fsp3) is 0.167. The molecule has 6 aromatic rings. The summed E-state index contributed by atoms with van der Waals surface area (Å²) in [7, 11) is 0. The molecule has 4 aromatic carbocycles. The Morgan fingerprint density at radius 1 is 0.829 bits per heavy atom. The molecule has 0 radical (unpaired) electrons. The number of ether oxygens (including phenoxy) is 2. The maximum Gasteiger partial charge on any atom is 0.217 e. The van der Waals surface area contributed by atoms with Gasteiger partial charge in [-0.3, -0.25) is 4.57 Å². The molecular weight excluding hydrogens is 506 g/mol. The SMILES string of the molecule is CC1(C)c2ccc(Oc3cccc(C4=N[C@@H]5c6ccccc6C[C@@H]5O4)c3)cc2-n2c3ncccc3c3cccc1c32. The zero-order valence-corrected chi connectivity index (χ0v) is 22.8. The van der Waals surface area contributed by atoms with Crippen molar-refractivity contribution in [2.45, 2.75) is 37.8 Å². The number of aliphatic imine (C=N–C) groups is 1. The first-order valence-corrected chi connectivity index (χ1v) is 14.2. The second kappa shape index (κ2) is 8.07. The Bertz CT molecular complexity index is 2090. The van der Waals surface area contributed by atoms with Crippen molar-refractivity contribution in [1.29, 1.82) is 0 Å². The van der Waals surface area contributed by atoms with Crippen LogP contribution in [0.5, 0.6) is 11.5 Å². The van der Waals surface area contributed by atoms with Gasteiger partial charge in [0.2, 0.25) is 5.90 Å². The topological polar surface area (TPSA) is 48.6 Å². The van der Waals surface area contributed by atoms with Crippen molar-refractivity contribution in [3.8, 4) is 17.2 Å². The van der Waals surface area contributed by atoms with Crippen LogP contribution in [0, 0.1) is 0 Å². The quantitative estimate of drug-likeness (QED) is 0.231. The molecule has 198 valence electrons. The minimum atomic E-state index is -0.160. The molecule has 2 atom stereocenters. The van der Waals surface area contributed by atoms with Crippen LogP contribution in [0.25, 0.3) is 27.6 Å². The molecule has 0 N–H and O–H groups in total. The number of rotatable bonds is 3. The lowest BCUT2D eigenvalue weighted by molar-refractivity contribution is 0.206. The van der Waals surface area contributed by atoms with Gasteiger partial charge in [0.15, 0.2) is 0 Å². The van der Waals surface area contributed by atoms with E-state index in [4.69, 9.17) is 19.5 Å². The summed E-state index contributed by atoms with van der Waals surface area (Å²) in [5.41, 5.74) is 9.25. The van der Waals surface area contributed by atoms with E-state index < -0.39 is 0 Å². The molecule has 0 amide bonds. The lowest BCUT2D eigenvalue weighted by Gasteiger charge is -2.34. The number of benzene rings is 4. The van der Waals surface area contributed by atoms with Gasteiger partial charge in [0.25, 0.3) is 0 Å². The van der Waals surface area contributed by atoms with Crippen molar-refractivity contribution in [1.82, 2.24) is 9.55 Å². The Hall–Kier alpha value is -4.90. The van der Waals surface area contributed by atoms with Crippen LogP contribution in [-0.4, -0.2) is 21.6 Å². The van der Waals surface area contributed by atoms with Crippen LogP contribution in [-0.2, 0) is 16.6 Å². The van der Waals surface area contributed by atoms with E-state index in [0.29, 0.717) is 5.90 Å². The minimum absolute atomic E-state index is 0.0690. The standard InChI is InChI=1S/C36H27N3O2/c1-36(2)28-16-15-24(20-30(28)39-33-26(12-6-14-29(33)36)27-13-7-17-37-34(27)39)40-23-10-5-9-22(18-23)35-38-32-25-11-4-3-8-21(25)19-31(32)41-35/h3-18,20,31-32H,19H2,1-2H3/t31-,32+/m0/s1. The number of hydrogen-bond donors (Lipinski definition) is 0. The first kappa shape index (κ1) is 22.9. The molecule has 0 spiro atoms. The van der Waals surface area contributed by atoms with Crippen LogP contribution in [0.2, 0.25) is 0 Å². The fourth-order valence-corrected chi connectivity index (χ4v) is 7.13. The van der Waals surface area contributed by atoms with E-state index in [1.165, 1.54) is 33.2 Å². The molecular formula is C36H27N3O2. The number of hydrogen-bond acceptors (Lipinski definition) is 4. The zero-order valence-electron chi connectivity index (χ0n) is 22.8. The number of aromatic nitrogens is 2. The third kappa shape index (κ3) is 3.17. The smallest absolute Gasteiger partial charge is 0.217 e. The number of fused-ring (bicyclic) bond motifs is 8. The second-order valence-electron chi connectivity index (χ2n) is 11.8. The van der Waals surface area contributed by atoms with Crippen LogP contribution in [0.15, 0.2) is 108 Å². The second-order valence-corrected chi connectivity index (χ2v) is 11.8. The van der Waals surface area contributed by atoms with E-state index in [9.17, 15) is 0 Å². The first-order chi connectivity index (χ1) is 20.1. The molecule has 9 rings (SSSR count). The van der Waals surface area contributed by atoms with Gasteiger partial charge in [-0.2, -0.15) is 0 Å². The molecule has 0 saturated carbocycles. The molecule has 0 unspecified atom stereocenters. The summed E-state index contributed by atoms with van der Waals surface area (Å²) in [6.07, 6.45) is 2.84. The Balaban J connectivity index is 1.11. The third-order valence-corrected chi connectivity index (χ3v) is 9.09. The van der Waals surface area contributed by atoms with E-state index in [-0.39, 0.29) is 17.6 Å². The predicted molar refractivity (Wildman–Crippen MR) is 162 cm³/mol.